The van der Waals surface area contributed by atoms with Crippen molar-refractivity contribution in [3.05, 3.63) is 48.7 Å². The van der Waals surface area contributed by atoms with E-state index in [9.17, 15) is 0 Å². The van der Waals surface area contributed by atoms with E-state index < -0.39 is 0 Å². The van der Waals surface area contributed by atoms with E-state index in [0.29, 0.717) is 0 Å². The van der Waals surface area contributed by atoms with Crippen molar-refractivity contribution in [3.8, 4) is 0 Å². The fourth-order valence-corrected chi connectivity index (χ4v) is 1.89. The third kappa shape index (κ3) is 1.22. The third-order valence-electron chi connectivity index (χ3n) is 2.61. The van der Waals surface area contributed by atoms with Crippen LogP contribution in [0.4, 0.5) is 5.69 Å². The molecular formula is C13H10N2. The second kappa shape index (κ2) is 2.95. The van der Waals surface area contributed by atoms with Crippen LogP contribution in [0.15, 0.2) is 48.7 Å². The molecule has 0 saturated carbocycles. The number of benzene rings is 2. The van der Waals surface area contributed by atoms with Gasteiger partial charge in [-0.3, -0.25) is 4.98 Å². The van der Waals surface area contributed by atoms with Crippen molar-refractivity contribution in [2.45, 2.75) is 0 Å². The minimum Gasteiger partial charge on any atom is -0.399 e. The molecule has 2 aromatic carbocycles. The van der Waals surface area contributed by atoms with Gasteiger partial charge in [0.2, 0.25) is 0 Å². The van der Waals surface area contributed by atoms with Crippen LogP contribution in [0.2, 0.25) is 0 Å². The van der Waals surface area contributed by atoms with Gasteiger partial charge in [0.15, 0.2) is 0 Å². The lowest BCUT2D eigenvalue weighted by Gasteiger charge is -2.03. The van der Waals surface area contributed by atoms with Gasteiger partial charge in [-0.25, -0.2) is 0 Å². The highest BCUT2D eigenvalue weighted by Gasteiger charge is 2.00. The van der Waals surface area contributed by atoms with Gasteiger partial charge in [0.1, 0.15) is 0 Å². The molecule has 0 radical (unpaired) electrons. The Balaban J connectivity index is 2.55. The predicted octanol–water partition coefficient (Wildman–Crippen LogP) is 2.97. The molecule has 0 saturated heterocycles. The van der Waals surface area contributed by atoms with Crippen LogP contribution < -0.4 is 5.73 Å². The van der Waals surface area contributed by atoms with Gasteiger partial charge in [-0.1, -0.05) is 24.3 Å². The van der Waals surface area contributed by atoms with Gasteiger partial charge in [0, 0.05) is 22.7 Å². The topological polar surface area (TPSA) is 38.9 Å². The van der Waals surface area contributed by atoms with E-state index in [1.54, 1.807) is 0 Å². The Bertz CT molecular complexity index is 644. The lowest BCUT2D eigenvalue weighted by Crippen LogP contribution is -1.86. The average Bonchev–Trinajstić information content (AvgIpc) is 2.28. The molecule has 2 heteroatoms. The molecule has 0 spiro atoms. The molecule has 3 aromatic rings. The zero-order valence-corrected chi connectivity index (χ0v) is 8.14. The van der Waals surface area contributed by atoms with Crippen molar-refractivity contribution in [2.75, 3.05) is 5.73 Å². The minimum atomic E-state index is 0.777. The van der Waals surface area contributed by atoms with Crippen molar-refractivity contribution >= 4 is 27.4 Å². The van der Waals surface area contributed by atoms with Crippen LogP contribution >= 0.6 is 0 Å². The van der Waals surface area contributed by atoms with Crippen LogP contribution in [-0.4, -0.2) is 4.98 Å². The number of hydrogen-bond donors (Lipinski definition) is 1. The standard InChI is InChI=1S/C13H10N2/c14-10-5-6-11-9(7-10)8-15-13-4-2-1-3-12(11)13/h1-8H,14H2. The summed E-state index contributed by atoms with van der Waals surface area (Å²) in [7, 11) is 0. The number of aromatic nitrogens is 1. The first-order valence-electron chi connectivity index (χ1n) is 4.87. The molecule has 0 unspecified atom stereocenters. The number of para-hydroxylation sites is 1. The molecule has 0 bridgehead atoms. The number of fused-ring (bicyclic) bond motifs is 3. The van der Waals surface area contributed by atoms with Crippen LogP contribution in [0.3, 0.4) is 0 Å². The summed E-state index contributed by atoms with van der Waals surface area (Å²) >= 11 is 0. The van der Waals surface area contributed by atoms with Gasteiger partial charge in [0.05, 0.1) is 5.52 Å². The SMILES string of the molecule is Nc1ccc2c(cnc3ccccc32)c1. The van der Waals surface area contributed by atoms with Crippen LogP contribution in [0.5, 0.6) is 0 Å². The Labute approximate surface area is 87.4 Å². The monoisotopic (exact) mass is 194 g/mol. The summed E-state index contributed by atoms with van der Waals surface area (Å²) in [6.07, 6.45) is 1.87. The summed E-state index contributed by atoms with van der Waals surface area (Å²) in [5.41, 5.74) is 7.54. The van der Waals surface area contributed by atoms with E-state index in [0.717, 1.165) is 16.6 Å². The van der Waals surface area contributed by atoms with Crippen molar-refractivity contribution in [3.63, 3.8) is 0 Å². The first kappa shape index (κ1) is 8.24. The Morgan fingerprint density at radius 3 is 2.73 bits per heavy atom. The van der Waals surface area contributed by atoms with Gasteiger partial charge < -0.3 is 5.73 Å². The first-order chi connectivity index (χ1) is 7.34. The maximum Gasteiger partial charge on any atom is 0.0708 e. The molecule has 2 N–H and O–H groups in total. The zero-order chi connectivity index (χ0) is 10.3. The highest BCUT2D eigenvalue weighted by atomic mass is 14.6. The normalized spacial score (nSPS) is 10.9. The average molecular weight is 194 g/mol. The highest BCUT2D eigenvalue weighted by Crippen LogP contribution is 2.24. The molecule has 1 heterocycles. The fraction of sp³-hybridized carbons (Fsp3) is 0. The lowest BCUT2D eigenvalue weighted by atomic mass is 10.1. The Kier molecular flexibility index (Phi) is 1.62. The maximum absolute atomic E-state index is 5.74. The maximum atomic E-state index is 5.74. The van der Waals surface area contributed by atoms with E-state index >= 15 is 0 Å². The van der Waals surface area contributed by atoms with Crippen molar-refractivity contribution < 1.29 is 0 Å². The molecule has 1 aromatic heterocycles. The van der Waals surface area contributed by atoms with Gasteiger partial charge in [-0.05, 0) is 23.6 Å². The quantitative estimate of drug-likeness (QED) is 0.441. The van der Waals surface area contributed by atoms with E-state index in [1.807, 2.05) is 36.5 Å². The molecule has 0 fully saturated rings. The van der Waals surface area contributed by atoms with Crippen LogP contribution in [0.25, 0.3) is 21.7 Å². The number of rotatable bonds is 0. The number of nitrogens with two attached hydrogens (primary N) is 1. The smallest absolute Gasteiger partial charge is 0.0708 e. The van der Waals surface area contributed by atoms with Crippen LogP contribution in [0.1, 0.15) is 0 Å². The van der Waals surface area contributed by atoms with Gasteiger partial charge >= 0.3 is 0 Å². The number of anilines is 1. The third-order valence-corrected chi connectivity index (χ3v) is 2.61. The number of nitrogen functional groups attached to an aromatic ring is 1. The Morgan fingerprint density at radius 2 is 1.80 bits per heavy atom. The second-order valence-electron chi connectivity index (χ2n) is 3.62. The Morgan fingerprint density at radius 1 is 0.933 bits per heavy atom. The lowest BCUT2D eigenvalue weighted by molar-refractivity contribution is 1.44. The molecule has 0 aliphatic carbocycles. The van der Waals surface area contributed by atoms with Gasteiger partial charge in [-0.15, -0.1) is 0 Å². The summed E-state index contributed by atoms with van der Waals surface area (Å²) in [5.74, 6) is 0. The molecule has 0 atom stereocenters. The molecule has 0 aliphatic rings. The van der Waals surface area contributed by atoms with Crippen molar-refractivity contribution in [1.29, 1.82) is 0 Å². The molecule has 72 valence electrons. The van der Waals surface area contributed by atoms with Crippen molar-refractivity contribution in [1.82, 2.24) is 4.98 Å². The highest BCUT2D eigenvalue weighted by molar-refractivity contribution is 6.05. The summed E-state index contributed by atoms with van der Waals surface area (Å²) in [4.78, 5) is 4.39. The molecule has 2 nitrogen and oxygen atoms in total. The van der Waals surface area contributed by atoms with E-state index in [1.165, 1.54) is 10.8 Å². The summed E-state index contributed by atoms with van der Waals surface area (Å²) in [5, 5.41) is 3.47. The Hall–Kier alpha value is -2.09. The summed E-state index contributed by atoms with van der Waals surface area (Å²) in [6, 6.07) is 14.1. The van der Waals surface area contributed by atoms with Crippen LogP contribution in [0, 0.1) is 0 Å². The number of pyridine rings is 1. The molecule has 15 heavy (non-hydrogen) atoms. The largest absolute Gasteiger partial charge is 0.399 e. The van der Waals surface area contributed by atoms with E-state index in [2.05, 4.69) is 17.1 Å². The molecule has 3 rings (SSSR count). The number of hydrogen-bond acceptors (Lipinski definition) is 2. The fourth-order valence-electron chi connectivity index (χ4n) is 1.89. The first-order valence-corrected chi connectivity index (χ1v) is 4.87. The van der Waals surface area contributed by atoms with Gasteiger partial charge in [-0.2, -0.15) is 0 Å². The van der Waals surface area contributed by atoms with E-state index in [4.69, 9.17) is 5.73 Å². The zero-order valence-electron chi connectivity index (χ0n) is 8.14. The van der Waals surface area contributed by atoms with Gasteiger partial charge in [0.25, 0.3) is 0 Å². The number of nitrogens with zero attached hydrogens (tertiary/aromatic N) is 1. The molecular weight excluding hydrogens is 184 g/mol. The van der Waals surface area contributed by atoms with E-state index in [-0.39, 0.29) is 0 Å². The van der Waals surface area contributed by atoms with Crippen LogP contribution in [-0.2, 0) is 0 Å². The summed E-state index contributed by atoms with van der Waals surface area (Å²) in [6.45, 7) is 0. The predicted molar refractivity (Wildman–Crippen MR) is 63.7 cm³/mol. The summed E-state index contributed by atoms with van der Waals surface area (Å²) < 4.78 is 0. The molecule has 0 aliphatic heterocycles. The second-order valence-corrected chi connectivity index (χ2v) is 3.62. The van der Waals surface area contributed by atoms with Crippen molar-refractivity contribution in [2.24, 2.45) is 0 Å². The molecule has 0 amide bonds. The minimum absolute atomic E-state index is 0.777.